The van der Waals surface area contributed by atoms with Crippen molar-refractivity contribution in [2.45, 2.75) is 84.7 Å². The quantitative estimate of drug-likeness (QED) is 0.758. The molecule has 0 radical (unpaired) electrons. The van der Waals surface area contributed by atoms with Gasteiger partial charge in [0.2, 0.25) is 11.8 Å². The van der Waals surface area contributed by atoms with Crippen LogP contribution in [-0.2, 0) is 16.0 Å². The van der Waals surface area contributed by atoms with Crippen molar-refractivity contribution >= 4 is 17.5 Å². The van der Waals surface area contributed by atoms with E-state index in [2.05, 4.69) is 12.2 Å². The molecule has 0 spiro atoms. The zero-order chi connectivity index (χ0) is 21.4. The van der Waals surface area contributed by atoms with Gasteiger partial charge in [0.25, 0.3) is 0 Å². The van der Waals surface area contributed by atoms with Crippen molar-refractivity contribution in [3.8, 4) is 0 Å². The Morgan fingerprint density at radius 1 is 1.27 bits per heavy atom. The highest BCUT2D eigenvalue weighted by Gasteiger charge is 2.39. The third-order valence-electron chi connectivity index (χ3n) is 6.61. The van der Waals surface area contributed by atoms with Crippen molar-refractivity contribution in [3.63, 3.8) is 0 Å². The summed E-state index contributed by atoms with van der Waals surface area (Å²) in [6, 6.07) is 2.29. The van der Waals surface area contributed by atoms with E-state index in [4.69, 9.17) is 10.1 Å². The summed E-state index contributed by atoms with van der Waals surface area (Å²) in [4.78, 5) is 31.7. The van der Waals surface area contributed by atoms with Gasteiger partial charge in [-0.2, -0.15) is 5.10 Å². The van der Waals surface area contributed by atoms with Crippen molar-refractivity contribution < 1.29 is 9.59 Å². The monoisotopic (exact) mass is 411 g/mol. The van der Waals surface area contributed by atoms with Crippen LogP contribution < -0.4 is 5.32 Å². The number of nitrogens with zero attached hydrogens (tertiary/aromatic N) is 4. The first kappa shape index (κ1) is 20.8. The first-order valence-corrected chi connectivity index (χ1v) is 11.3. The van der Waals surface area contributed by atoms with Crippen molar-refractivity contribution in [1.82, 2.24) is 24.8 Å². The highest BCUT2D eigenvalue weighted by atomic mass is 16.2. The molecule has 30 heavy (non-hydrogen) atoms. The summed E-state index contributed by atoms with van der Waals surface area (Å²) in [5.41, 5.74) is 4.80. The van der Waals surface area contributed by atoms with E-state index in [1.165, 1.54) is 0 Å². The number of fused-ring (bicyclic) bond motifs is 1. The summed E-state index contributed by atoms with van der Waals surface area (Å²) in [5, 5.41) is 7.88. The molecule has 1 aliphatic heterocycles. The van der Waals surface area contributed by atoms with Gasteiger partial charge in [0, 0.05) is 42.4 Å². The van der Waals surface area contributed by atoms with E-state index < -0.39 is 0 Å². The Bertz CT molecular complexity index is 962. The van der Waals surface area contributed by atoms with Gasteiger partial charge in [0.15, 0.2) is 5.65 Å². The summed E-state index contributed by atoms with van der Waals surface area (Å²) < 4.78 is 1.89. The molecule has 2 aromatic heterocycles. The Labute approximate surface area is 178 Å². The molecule has 0 aromatic carbocycles. The van der Waals surface area contributed by atoms with Crippen LogP contribution in [0.15, 0.2) is 6.07 Å². The lowest BCUT2D eigenvalue weighted by atomic mass is 10.1. The molecule has 2 aliphatic rings. The number of nitrogens with one attached hydrogen (secondary N) is 1. The van der Waals surface area contributed by atoms with Crippen molar-refractivity contribution in [2.75, 3.05) is 6.54 Å². The van der Waals surface area contributed by atoms with Crippen LogP contribution in [0.1, 0.15) is 81.1 Å². The maximum atomic E-state index is 12.7. The second kappa shape index (κ2) is 8.36. The van der Waals surface area contributed by atoms with Crippen LogP contribution in [0.25, 0.3) is 5.65 Å². The third-order valence-corrected chi connectivity index (χ3v) is 6.61. The summed E-state index contributed by atoms with van der Waals surface area (Å²) in [6.45, 7) is 8.96. The number of rotatable bonds is 7. The number of aromatic nitrogens is 3. The third kappa shape index (κ3) is 4.07. The fraction of sp³-hybridized carbons (Fsp3) is 0.652. The number of carbonyl (C=O) groups is 2. The molecule has 3 heterocycles. The Kier molecular flexibility index (Phi) is 5.80. The fourth-order valence-electron chi connectivity index (χ4n) is 4.46. The Hall–Kier alpha value is -2.44. The van der Waals surface area contributed by atoms with Gasteiger partial charge in [-0.05, 0) is 64.9 Å². The zero-order valence-corrected chi connectivity index (χ0v) is 18.6. The molecule has 2 amide bonds. The van der Waals surface area contributed by atoms with E-state index in [0.29, 0.717) is 18.7 Å². The molecule has 7 nitrogen and oxygen atoms in total. The van der Waals surface area contributed by atoms with Gasteiger partial charge in [-0.3, -0.25) is 9.59 Å². The number of aryl methyl sites for hydroxylation is 2. The van der Waals surface area contributed by atoms with E-state index in [-0.39, 0.29) is 23.9 Å². The van der Waals surface area contributed by atoms with Gasteiger partial charge >= 0.3 is 0 Å². The van der Waals surface area contributed by atoms with Crippen LogP contribution in [0.4, 0.5) is 0 Å². The Morgan fingerprint density at radius 3 is 2.73 bits per heavy atom. The molecule has 4 rings (SSSR count). The van der Waals surface area contributed by atoms with Crippen LogP contribution in [-0.4, -0.2) is 43.9 Å². The van der Waals surface area contributed by atoms with Gasteiger partial charge < -0.3 is 10.2 Å². The van der Waals surface area contributed by atoms with Gasteiger partial charge in [-0.1, -0.05) is 6.92 Å². The highest BCUT2D eigenvalue weighted by Crippen LogP contribution is 2.38. The molecule has 2 atom stereocenters. The van der Waals surface area contributed by atoms with Crippen LogP contribution in [0.2, 0.25) is 0 Å². The summed E-state index contributed by atoms with van der Waals surface area (Å²) in [6.07, 6.45) is 6.06. The van der Waals surface area contributed by atoms with Crippen molar-refractivity contribution in [2.24, 2.45) is 5.92 Å². The number of hydrogen-bond acceptors (Lipinski definition) is 4. The minimum Gasteiger partial charge on any atom is -0.354 e. The number of amides is 2. The topological polar surface area (TPSA) is 79.6 Å². The predicted octanol–water partition coefficient (Wildman–Crippen LogP) is 3.27. The molecule has 162 valence electrons. The second-order valence-corrected chi connectivity index (χ2v) is 8.94. The highest BCUT2D eigenvalue weighted by molar-refractivity contribution is 5.81. The van der Waals surface area contributed by atoms with E-state index in [1.54, 1.807) is 0 Å². The second-order valence-electron chi connectivity index (χ2n) is 8.94. The van der Waals surface area contributed by atoms with Gasteiger partial charge in [0.05, 0.1) is 11.7 Å². The lowest BCUT2D eigenvalue weighted by Crippen LogP contribution is -2.32. The molecule has 0 unspecified atom stereocenters. The van der Waals surface area contributed by atoms with Crippen LogP contribution in [0.3, 0.4) is 0 Å². The van der Waals surface area contributed by atoms with Gasteiger partial charge in [0.1, 0.15) is 0 Å². The average molecular weight is 412 g/mol. The number of carbonyl (C=O) groups excluding carboxylic acids is 2. The van der Waals surface area contributed by atoms with Gasteiger partial charge in [-0.15, -0.1) is 0 Å². The normalized spacial score (nSPS) is 20.0. The molecule has 1 N–H and O–H groups in total. The molecule has 1 aliphatic carbocycles. The Morgan fingerprint density at radius 2 is 2.03 bits per heavy atom. The lowest BCUT2D eigenvalue weighted by Gasteiger charge is -2.23. The van der Waals surface area contributed by atoms with Crippen molar-refractivity contribution in [1.29, 1.82) is 0 Å². The predicted molar refractivity (Wildman–Crippen MR) is 115 cm³/mol. The van der Waals surface area contributed by atoms with E-state index in [1.807, 2.05) is 36.3 Å². The molecule has 1 saturated heterocycles. The maximum Gasteiger partial charge on any atom is 0.226 e. The standard InChI is InChI=1S/C23H33N5O2/c1-5-14(2)24-22(29)11-10-18-15(3)25-21-13-19(26-28(21)16(18)4)20-7-6-12-27(20)23(30)17-8-9-17/h13-14,17,20H,5-12H2,1-4H3,(H,24,29)/t14-,20+/m1/s1. The summed E-state index contributed by atoms with van der Waals surface area (Å²) >= 11 is 0. The largest absolute Gasteiger partial charge is 0.354 e. The van der Waals surface area contributed by atoms with Gasteiger partial charge in [-0.25, -0.2) is 9.50 Å². The molecular weight excluding hydrogens is 378 g/mol. The Balaban J connectivity index is 1.55. The molecule has 1 saturated carbocycles. The van der Waals surface area contributed by atoms with Crippen molar-refractivity contribution in [3.05, 3.63) is 28.7 Å². The zero-order valence-electron chi connectivity index (χ0n) is 18.6. The minimum absolute atomic E-state index is 0.0595. The van der Waals surface area contributed by atoms with E-state index in [0.717, 1.165) is 66.9 Å². The molecule has 0 bridgehead atoms. The van der Waals surface area contributed by atoms with Crippen LogP contribution in [0.5, 0.6) is 0 Å². The average Bonchev–Trinajstić information content (AvgIpc) is 3.29. The lowest BCUT2D eigenvalue weighted by molar-refractivity contribution is -0.133. The van der Waals surface area contributed by atoms with Crippen LogP contribution in [0, 0.1) is 19.8 Å². The molecule has 7 heteroatoms. The summed E-state index contributed by atoms with van der Waals surface area (Å²) in [7, 11) is 0. The smallest absolute Gasteiger partial charge is 0.226 e. The van der Waals surface area contributed by atoms with E-state index >= 15 is 0 Å². The van der Waals surface area contributed by atoms with E-state index in [9.17, 15) is 9.59 Å². The number of likely N-dealkylation sites (tertiary alicyclic amines) is 1. The molecule has 2 aromatic rings. The SMILES string of the molecule is CC[C@@H](C)NC(=O)CCc1c(C)nc2cc([C@@H]3CCCN3C(=O)C3CC3)nn2c1C. The molecular formula is C23H33N5O2. The van der Waals surface area contributed by atoms with Crippen LogP contribution >= 0.6 is 0 Å². The molecule has 2 fully saturated rings. The fourth-order valence-corrected chi connectivity index (χ4v) is 4.46. The maximum absolute atomic E-state index is 12.7. The first-order valence-electron chi connectivity index (χ1n) is 11.3. The number of hydrogen-bond donors (Lipinski definition) is 1. The summed E-state index contributed by atoms with van der Waals surface area (Å²) in [5.74, 6) is 0.603. The first-order chi connectivity index (χ1) is 14.4. The minimum atomic E-state index is 0.0595.